The number of carbonyl (C=O) groups is 2. The molecule has 2 aliphatic heterocycles. The number of aromatic nitrogens is 2. The molecule has 4 N–H and O–H groups in total. The lowest BCUT2D eigenvalue weighted by Gasteiger charge is -2.37. The summed E-state index contributed by atoms with van der Waals surface area (Å²) in [6.07, 6.45) is 2.82. The number of amides is 2. The number of fused-ring (bicyclic) bond motifs is 2. The number of rotatable bonds is 11. The number of halogens is 2. The van der Waals surface area contributed by atoms with Crippen LogP contribution in [0.2, 0.25) is 0 Å². The summed E-state index contributed by atoms with van der Waals surface area (Å²) in [6.45, 7) is 4.38. The van der Waals surface area contributed by atoms with Gasteiger partial charge in [0.05, 0.1) is 11.9 Å². The standard InChI is InChI=1S/C32H38F2N6O6S/c1-19(2)46-31-36-15-21(16-37-31)28(20-8-10-22(33)11-9-20)29(39-32(42)43)30(41)38-27-7-3-6-26(34)25(27)13-12-24-17-35-23-5-4-14-47(44,45)40(24)18-23/h3,6-11,15-16,19,23-24,28-29,35,39H,4-5,12-14,17-18H2,1-2H3,(H,38,41)(H,42,43)/t23-,24+,28+,29+/m1/s1. The third-order valence-corrected chi connectivity index (χ3v) is 10.3. The summed E-state index contributed by atoms with van der Waals surface area (Å²) in [5.74, 6) is -2.90. The molecular formula is C32H38F2N6O6S. The van der Waals surface area contributed by atoms with Crippen molar-refractivity contribution >= 4 is 27.7 Å². The maximum Gasteiger partial charge on any atom is 0.405 e. The highest BCUT2D eigenvalue weighted by molar-refractivity contribution is 7.89. The van der Waals surface area contributed by atoms with E-state index in [1.54, 1.807) is 13.8 Å². The van der Waals surface area contributed by atoms with Crippen LogP contribution in [0.25, 0.3) is 0 Å². The molecule has 0 spiro atoms. The third-order valence-electron chi connectivity index (χ3n) is 8.34. The SMILES string of the molecule is CC(C)Oc1ncc([C@H](c2ccc(F)cc2)[C@H](NC(=O)O)C(=O)Nc2cccc(F)c2CC[C@H]2CN[C@@H]3CCCS(=O)(=O)N2C3)cn1. The van der Waals surface area contributed by atoms with E-state index in [0.29, 0.717) is 37.1 Å². The second kappa shape index (κ2) is 14.7. The first-order chi connectivity index (χ1) is 22.4. The smallest absolute Gasteiger partial charge is 0.405 e. The molecule has 15 heteroatoms. The number of sulfonamides is 1. The number of hydrogen-bond donors (Lipinski definition) is 4. The second-order valence-corrected chi connectivity index (χ2v) is 14.0. The quantitative estimate of drug-likeness (QED) is 0.238. The summed E-state index contributed by atoms with van der Waals surface area (Å²) < 4.78 is 62.1. The van der Waals surface area contributed by atoms with Gasteiger partial charge in [-0.2, -0.15) is 4.31 Å². The zero-order valence-corrected chi connectivity index (χ0v) is 26.8. The van der Waals surface area contributed by atoms with Gasteiger partial charge in [0.2, 0.25) is 15.9 Å². The van der Waals surface area contributed by atoms with Crippen molar-refractivity contribution in [2.45, 2.75) is 69.7 Å². The Morgan fingerprint density at radius 2 is 1.83 bits per heavy atom. The van der Waals surface area contributed by atoms with Crippen LogP contribution in [0, 0.1) is 11.6 Å². The summed E-state index contributed by atoms with van der Waals surface area (Å²) in [4.78, 5) is 34.4. The molecule has 2 bridgehead atoms. The lowest BCUT2D eigenvalue weighted by Crippen LogP contribution is -2.57. The molecule has 5 rings (SSSR count). The summed E-state index contributed by atoms with van der Waals surface area (Å²) in [5, 5.41) is 18.1. The van der Waals surface area contributed by atoms with Crippen LogP contribution in [0.4, 0.5) is 19.3 Å². The number of benzene rings is 2. The number of carbonyl (C=O) groups excluding carboxylic acids is 1. The summed E-state index contributed by atoms with van der Waals surface area (Å²) in [5.41, 5.74) is 0.994. The van der Waals surface area contributed by atoms with E-state index in [-0.39, 0.29) is 41.6 Å². The van der Waals surface area contributed by atoms with E-state index in [1.807, 2.05) is 0 Å². The first kappa shape index (κ1) is 34.1. The Morgan fingerprint density at radius 3 is 2.51 bits per heavy atom. The fourth-order valence-electron chi connectivity index (χ4n) is 6.14. The van der Waals surface area contributed by atoms with E-state index in [9.17, 15) is 27.5 Å². The summed E-state index contributed by atoms with van der Waals surface area (Å²) >= 11 is 0. The van der Waals surface area contributed by atoms with Gasteiger partial charge < -0.3 is 25.8 Å². The third kappa shape index (κ3) is 8.39. The molecule has 1 unspecified atom stereocenters. The highest BCUT2D eigenvalue weighted by atomic mass is 32.2. The first-order valence-electron chi connectivity index (χ1n) is 15.5. The molecule has 47 heavy (non-hydrogen) atoms. The van der Waals surface area contributed by atoms with E-state index >= 15 is 4.39 Å². The largest absolute Gasteiger partial charge is 0.465 e. The van der Waals surface area contributed by atoms with E-state index in [4.69, 9.17) is 4.74 Å². The highest BCUT2D eigenvalue weighted by Crippen LogP contribution is 2.31. The lowest BCUT2D eigenvalue weighted by atomic mass is 9.85. The molecule has 0 saturated carbocycles. The molecule has 1 aromatic heterocycles. The predicted octanol–water partition coefficient (Wildman–Crippen LogP) is 3.65. The molecule has 3 heterocycles. The van der Waals surface area contributed by atoms with Crippen LogP contribution < -0.4 is 20.7 Å². The van der Waals surface area contributed by atoms with Gasteiger partial charge in [0, 0.05) is 54.7 Å². The van der Waals surface area contributed by atoms with Gasteiger partial charge in [-0.3, -0.25) is 4.79 Å². The van der Waals surface area contributed by atoms with Crippen LogP contribution in [0.3, 0.4) is 0 Å². The maximum absolute atomic E-state index is 15.3. The minimum atomic E-state index is -3.46. The molecule has 5 atom stereocenters. The van der Waals surface area contributed by atoms with Gasteiger partial charge >= 0.3 is 12.1 Å². The van der Waals surface area contributed by atoms with Crippen molar-refractivity contribution in [3.05, 3.63) is 83.2 Å². The van der Waals surface area contributed by atoms with Gasteiger partial charge in [-0.25, -0.2) is 32.0 Å². The van der Waals surface area contributed by atoms with Gasteiger partial charge in [-0.15, -0.1) is 0 Å². The Kier molecular flexibility index (Phi) is 10.7. The molecule has 0 aliphatic carbocycles. The predicted molar refractivity (Wildman–Crippen MR) is 170 cm³/mol. The molecule has 2 aliphatic rings. The van der Waals surface area contributed by atoms with Crippen molar-refractivity contribution in [3.8, 4) is 6.01 Å². The van der Waals surface area contributed by atoms with Gasteiger partial charge in [0.15, 0.2) is 0 Å². The zero-order valence-electron chi connectivity index (χ0n) is 26.0. The molecule has 3 aromatic rings. The molecule has 2 saturated heterocycles. The van der Waals surface area contributed by atoms with E-state index in [2.05, 4.69) is 25.9 Å². The van der Waals surface area contributed by atoms with Crippen LogP contribution in [0.5, 0.6) is 6.01 Å². The number of nitrogens with zero attached hydrogens (tertiary/aromatic N) is 3. The lowest BCUT2D eigenvalue weighted by molar-refractivity contribution is -0.118. The average Bonchev–Trinajstić information content (AvgIpc) is 3.13. The Bertz CT molecular complexity index is 1680. The fourth-order valence-corrected chi connectivity index (χ4v) is 7.94. The average molecular weight is 673 g/mol. The number of anilines is 1. The van der Waals surface area contributed by atoms with Crippen LogP contribution in [0.1, 0.15) is 55.7 Å². The fraction of sp³-hybridized carbons (Fsp3) is 0.438. The molecule has 2 fully saturated rings. The van der Waals surface area contributed by atoms with Gasteiger partial charge in [-0.05, 0) is 74.9 Å². The first-order valence-corrected chi connectivity index (χ1v) is 17.1. The van der Waals surface area contributed by atoms with Crippen molar-refractivity contribution in [2.75, 3.05) is 24.2 Å². The molecule has 12 nitrogen and oxygen atoms in total. The van der Waals surface area contributed by atoms with E-state index in [1.165, 1.54) is 59.2 Å². The van der Waals surface area contributed by atoms with Crippen molar-refractivity contribution in [2.24, 2.45) is 0 Å². The van der Waals surface area contributed by atoms with Crippen LogP contribution in [-0.2, 0) is 21.2 Å². The Hall–Kier alpha value is -4.21. The van der Waals surface area contributed by atoms with E-state index in [0.717, 1.165) is 6.42 Å². The highest BCUT2D eigenvalue weighted by Gasteiger charge is 2.38. The zero-order chi connectivity index (χ0) is 33.7. The molecule has 0 radical (unpaired) electrons. The normalized spacial score (nSPS) is 21.7. The van der Waals surface area contributed by atoms with Crippen LogP contribution in [0.15, 0.2) is 54.9 Å². The van der Waals surface area contributed by atoms with Gasteiger partial charge in [0.25, 0.3) is 0 Å². The van der Waals surface area contributed by atoms with Crippen LogP contribution in [-0.4, -0.2) is 82.9 Å². The summed E-state index contributed by atoms with van der Waals surface area (Å²) in [7, 11) is -3.46. The van der Waals surface area contributed by atoms with Crippen molar-refractivity contribution in [3.63, 3.8) is 0 Å². The van der Waals surface area contributed by atoms with Gasteiger partial charge in [0.1, 0.15) is 17.7 Å². The molecule has 252 valence electrons. The Balaban J connectivity index is 1.43. The number of ether oxygens (including phenoxy) is 1. The minimum Gasteiger partial charge on any atom is -0.465 e. The minimum absolute atomic E-state index is 0.0639. The number of nitrogens with one attached hydrogen (secondary N) is 3. The number of carboxylic acid groups (broad SMARTS) is 1. The monoisotopic (exact) mass is 672 g/mol. The number of hydrogen-bond acceptors (Lipinski definition) is 8. The second-order valence-electron chi connectivity index (χ2n) is 12.0. The Morgan fingerprint density at radius 1 is 1.11 bits per heavy atom. The molecular weight excluding hydrogens is 634 g/mol. The Labute approximate surface area is 272 Å². The maximum atomic E-state index is 15.3. The van der Waals surface area contributed by atoms with Gasteiger partial charge in [-0.1, -0.05) is 18.2 Å². The van der Waals surface area contributed by atoms with Crippen molar-refractivity contribution < 1.29 is 36.6 Å². The number of piperazine rings is 1. The van der Waals surface area contributed by atoms with Crippen LogP contribution >= 0.6 is 0 Å². The van der Waals surface area contributed by atoms with E-state index < -0.39 is 51.7 Å². The topological polar surface area (TPSA) is 163 Å². The van der Waals surface area contributed by atoms with Crippen molar-refractivity contribution in [1.29, 1.82) is 0 Å². The molecule has 2 aromatic carbocycles. The molecule has 2 amide bonds. The summed E-state index contributed by atoms with van der Waals surface area (Å²) in [6, 6.07) is 7.65. The van der Waals surface area contributed by atoms with Crippen molar-refractivity contribution in [1.82, 2.24) is 24.9 Å².